The van der Waals surface area contributed by atoms with Crippen LogP contribution in [0, 0.1) is 18.8 Å². The van der Waals surface area contributed by atoms with Crippen LogP contribution < -0.4 is 10.6 Å². The number of nitrogens with one attached hydrogen (secondary N) is 2. The van der Waals surface area contributed by atoms with Gasteiger partial charge in [0.25, 0.3) is 5.91 Å². The van der Waals surface area contributed by atoms with Crippen molar-refractivity contribution in [1.82, 2.24) is 15.5 Å². The predicted octanol–water partition coefficient (Wildman–Crippen LogP) is 2.37. The first-order valence-corrected chi connectivity index (χ1v) is 9.37. The zero-order valence-corrected chi connectivity index (χ0v) is 16.8. The smallest absolute Gasteiger partial charge is 0.254 e. The zero-order chi connectivity index (χ0) is 17.1. The van der Waals surface area contributed by atoms with Crippen molar-refractivity contribution in [3.63, 3.8) is 0 Å². The molecule has 25 heavy (non-hydrogen) atoms. The van der Waals surface area contributed by atoms with E-state index in [-0.39, 0.29) is 30.1 Å². The number of rotatable bonds is 4. The van der Waals surface area contributed by atoms with Gasteiger partial charge in [-0.3, -0.25) is 9.59 Å². The minimum Gasteiger partial charge on any atom is -0.355 e. The Bertz CT molecular complexity index is 637. The van der Waals surface area contributed by atoms with Crippen molar-refractivity contribution in [2.24, 2.45) is 11.8 Å². The first-order chi connectivity index (χ1) is 11.5. The molecular formula is C18H25BrClN3O2. The summed E-state index contributed by atoms with van der Waals surface area (Å²) in [6.45, 7) is 5.89. The molecule has 0 saturated carbocycles. The second-order valence-corrected chi connectivity index (χ2v) is 7.73. The van der Waals surface area contributed by atoms with Crippen LogP contribution in [-0.2, 0) is 4.79 Å². The van der Waals surface area contributed by atoms with Crippen molar-refractivity contribution < 1.29 is 9.59 Å². The number of halogens is 2. The SMILES string of the molecule is Cc1cc(Br)ccc1C(=O)N1CCCC(C(=O)NCC2CNC2)C1.Cl. The fourth-order valence-corrected chi connectivity index (χ4v) is 3.77. The molecule has 0 bridgehead atoms. The van der Waals surface area contributed by atoms with Gasteiger partial charge in [-0.2, -0.15) is 0 Å². The van der Waals surface area contributed by atoms with Gasteiger partial charge in [0.15, 0.2) is 0 Å². The van der Waals surface area contributed by atoms with Crippen molar-refractivity contribution >= 4 is 40.2 Å². The number of likely N-dealkylation sites (tertiary alicyclic amines) is 1. The number of hydrogen-bond acceptors (Lipinski definition) is 3. The molecule has 0 spiro atoms. The number of benzene rings is 1. The molecule has 2 N–H and O–H groups in total. The highest BCUT2D eigenvalue weighted by atomic mass is 79.9. The Morgan fingerprint density at radius 2 is 2.12 bits per heavy atom. The maximum absolute atomic E-state index is 12.8. The number of hydrogen-bond donors (Lipinski definition) is 2. The Morgan fingerprint density at radius 3 is 2.76 bits per heavy atom. The molecule has 0 aliphatic carbocycles. The normalized spacial score (nSPS) is 20.4. The summed E-state index contributed by atoms with van der Waals surface area (Å²) >= 11 is 3.43. The van der Waals surface area contributed by atoms with Crippen LogP contribution in [-0.4, -0.2) is 49.4 Å². The van der Waals surface area contributed by atoms with Gasteiger partial charge in [0.1, 0.15) is 0 Å². The van der Waals surface area contributed by atoms with Gasteiger partial charge in [0.05, 0.1) is 5.92 Å². The van der Waals surface area contributed by atoms with E-state index >= 15 is 0 Å². The Kier molecular flexibility index (Phi) is 7.28. The van der Waals surface area contributed by atoms with Crippen molar-refractivity contribution in [2.45, 2.75) is 19.8 Å². The van der Waals surface area contributed by atoms with Crippen molar-refractivity contribution in [1.29, 1.82) is 0 Å². The van der Waals surface area contributed by atoms with Gasteiger partial charge < -0.3 is 15.5 Å². The van der Waals surface area contributed by atoms with Crippen molar-refractivity contribution in [3.8, 4) is 0 Å². The number of piperidine rings is 1. The highest BCUT2D eigenvalue weighted by Gasteiger charge is 2.30. The third-order valence-corrected chi connectivity index (χ3v) is 5.42. The van der Waals surface area contributed by atoms with Crippen LogP contribution >= 0.6 is 28.3 Å². The van der Waals surface area contributed by atoms with Crippen LogP contribution in [0.25, 0.3) is 0 Å². The molecule has 1 unspecified atom stereocenters. The lowest BCUT2D eigenvalue weighted by Gasteiger charge is -2.33. The van der Waals surface area contributed by atoms with Crippen LogP contribution in [0.15, 0.2) is 22.7 Å². The summed E-state index contributed by atoms with van der Waals surface area (Å²) in [5.41, 5.74) is 1.68. The van der Waals surface area contributed by atoms with E-state index in [2.05, 4.69) is 26.6 Å². The Labute approximate surface area is 163 Å². The molecule has 1 aromatic carbocycles. The van der Waals surface area contributed by atoms with Crippen LogP contribution in [0.2, 0.25) is 0 Å². The van der Waals surface area contributed by atoms with Crippen molar-refractivity contribution in [2.75, 3.05) is 32.7 Å². The quantitative estimate of drug-likeness (QED) is 0.771. The monoisotopic (exact) mass is 429 g/mol. The minimum absolute atomic E-state index is 0. The Balaban J connectivity index is 0.00000225. The van der Waals surface area contributed by atoms with Crippen LogP contribution in [0.1, 0.15) is 28.8 Å². The van der Waals surface area contributed by atoms with E-state index in [1.807, 2.05) is 30.0 Å². The molecule has 2 amide bonds. The molecule has 1 atom stereocenters. The molecule has 0 aromatic heterocycles. The maximum Gasteiger partial charge on any atom is 0.254 e. The summed E-state index contributed by atoms with van der Waals surface area (Å²) in [6, 6.07) is 5.70. The van der Waals surface area contributed by atoms with Gasteiger partial charge >= 0.3 is 0 Å². The maximum atomic E-state index is 12.8. The predicted molar refractivity (Wildman–Crippen MR) is 104 cm³/mol. The van der Waals surface area contributed by atoms with E-state index in [0.717, 1.165) is 54.6 Å². The first-order valence-electron chi connectivity index (χ1n) is 8.58. The van der Waals surface area contributed by atoms with Crippen LogP contribution in [0.5, 0.6) is 0 Å². The minimum atomic E-state index is -0.0912. The highest BCUT2D eigenvalue weighted by Crippen LogP contribution is 2.22. The van der Waals surface area contributed by atoms with Gasteiger partial charge in [0.2, 0.25) is 5.91 Å². The molecule has 5 nitrogen and oxygen atoms in total. The molecule has 1 aromatic rings. The van der Waals surface area contributed by atoms with E-state index in [1.54, 1.807) is 0 Å². The standard InChI is InChI=1S/C18H24BrN3O2.ClH/c1-12-7-15(19)4-5-16(12)18(24)22-6-2-3-14(11-22)17(23)21-10-13-8-20-9-13;/h4-5,7,13-14,20H,2-3,6,8-11H2,1H3,(H,21,23);1H. The molecule has 138 valence electrons. The topological polar surface area (TPSA) is 61.4 Å². The molecule has 3 rings (SSSR count). The largest absolute Gasteiger partial charge is 0.355 e. The Morgan fingerprint density at radius 1 is 1.36 bits per heavy atom. The Hall–Kier alpha value is -1.11. The van der Waals surface area contributed by atoms with Crippen LogP contribution in [0.4, 0.5) is 0 Å². The van der Waals surface area contributed by atoms with Crippen LogP contribution in [0.3, 0.4) is 0 Å². The van der Waals surface area contributed by atoms with E-state index < -0.39 is 0 Å². The molecule has 2 aliphatic rings. The summed E-state index contributed by atoms with van der Waals surface area (Å²) in [7, 11) is 0. The van der Waals surface area contributed by atoms with Gasteiger partial charge in [-0.1, -0.05) is 15.9 Å². The summed E-state index contributed by atoms with van der Waals surface area (Å²) in [6.07, 6.45) is 1.74. The highest BCUT2D eigenvalue weighted by molar-refractivity contribution is 9.10. The average molecular weight is 431 g/mol. The lowest BCUT2D eigenvalue weighted by molar-refractivity contribution is -0.126. The number of carbonyl (C=O) groups is 2. The third kappa shape index (κ3) is 4.96. The number of carbonyl (C=O) groups excluding carboxylic acids is 2. The van der Waals surface area contributed by atoms with Gasteiger partial charge in [0, 0.05) is 48.7 Å². The fourth-order valence-electron chi connectivity index (χ4n) is 3.30. The summed E-state index contributed by atoms with van der Waals surface area (Å²) in [4.78, 5) is 27.0. The van der Waals surface area contributed by atoms with E-state index in [9.17, 15) is 9.59 Å². The second kappa shape index (κ2) is 9.01. The molecule has 2 heterocycles. The third-order valence-electron chi connectivity index (χ3n) is 4.93. The number of nitrogens with zero attached hydrogens (tertiary/aromatic N) is 1. The van der Waals surface area contributed by atoms with Gasteiger partial charge in [-0.15, -0.1) is 12.4 Å². The number of aryl methyl sites for hydroxylation is 1. The summed E-state index contributed by atoms with van der Waals surface area (Å²) in [5.74, 6) is 0.583. The van der Waals surface area contributed by atoms with Gasteiger partial charge in [-0.25, -0.2) is 0 Å². The summed E-state index contributed by atoms with van der Waals surface area (Å²) < 4.78 is 0.970. The fraction of sp³-hybridized carbons (Fsp3) is 0.556. The van der Waals surface area contributed by atoms with E-state index in [0.29, 0.717) is 12.5 Å². The lowest BCUT2D eigenvalue weighted by atomic mass is 9.95. The molecular weight excluding hydrogens is 406 g/mol. The first kappa shape index (κ1) is 20.2. The molecule has 2 saturated heterocycles. The molecule has 7 heteroatoms. The van der Waals surface area contributed by atoms with Crippen molar-refractivity contribution in [3.05, 3.63) is 33.8 Å². The average Bonchev–Trinajstić information content (AvgIpc) is 2.53. The molecule has 0 radical (unpaired) electrons. The lowest BCUT2D eigenvalue weighted by Crippen LogP contribution is -2.51. The summed E-state index contributed by atoms with van der Waals surface area (Å²) in [5, 5.41) is 6.26. The second-order valence-electron chi connectivity index (χ2n) is 6.82. The van der Waals surface area contributed by atoms with E-state index in [4.69, 9.17) is 0 Å². The number of amides is 2. The zero-order valence-electron chi connectivity index (χ0n) is 14.4. The molecule has 2 fully saturated rings. The van der Waals surface area contributed by atoms with Gasteiger partial charge in [-0.05, 0) is 43.5 Å². The van der Waals surface area contributed by atoms with E-state index in [1.165, 1.54) is 0 Å². The molecule has 2 aliphatic heterocycles.